The Balaban J connectivity index is 0.00000182. The van der Waals surface area contributed by atoms with Crippen molar-refractivity contribution in [3.63, 3.8) is 0 Å². The highest BCUT2D eigenvalue weighted by molar-refractivity contribution is 5.85. The Labute approximate surface area is 152 Å². The van der Waals surface area contributed by atoms with E-state index in [0.29, 0.717) is 6.54 Å². The summed E-state index contributed by atoms with van der Waals surface area (Å²) >= 11 is 0. The van der Waals surface area contributed by atoms with Crippen molar-refractivity contribution >= 4 is 23.3 Å². The van der Waals surface area contributed by atoms with Gasteiger partial charge in [0.05, 0.1) is 5.52 Å². The van der Waals surface area contributed by atoms with Crippen LogP contribution in [-0.4, -0.2) is 19.7 Å². The van der Waals surface area contributed by atoms with Crippen molar-refractivity contribution < 1.29 is 0 Å². The van der Waals surface area contributed by atoms with E-state index < -0.39 is 0 Å². The van der Waals surface area contributed by atoms with Crippen LogP contribution < -0.4 is 5.32 Å². The standard InChI is InChI=1S/C19H17N5.ClH/c1-5-15-7-2-9-21-18(15)16(6-1)13-20-14-17-8-3-10-22-19(17)24-12-4-11-23-24;/h1-12,20H,13-14H2;1H. The maximum atomic E-state index is 4.50. The van der Waals surface area contributed by atoms with Crippen LogP contribution in [0, 0.1) is 0 Å². The van der Waals surface area contributed by atoms with Gasteiger partial charge < -0.3 is 5.32 Å². The molecule has 0 amide bonds. The Morgan fingerprint density at radius 2 is 1.56 bits per heavy atom. The highest BCUT2D eigenvalue weighted by Crippen LogP contribution is 2.16. The molecule has 0 aliphatic heterocycles. The molecule has 0 saturated heterocycles. The number of nitrogens with one attached hydrogen (secondary N) is 1. The molecule has 0 bridgehead atoms. The van der Waals surface area contributed by atoms with Crippen molar-refractivity contribution in [1.29, 1.82) is 0 Å². The third kappa shape index (κ3) is 3.68. The first-order chi connectivity index (χ1) is 11.9. The minimum absolute atomic E-state index is 0. The molecule has 0 spiro atoms. The third-order valence-corrected chi connectivity index (χ3v) is 3.94. The van der Waals surface area contributed by atoms with Gasteiger partial charge >= 0.3 is 0 Å². The molecule has 3 heterocycles. The van der Waals surface area contributed by atoms with Crippen LogP contribution in [0.4, 0.5) is 0 Å². The maximum Gasteiger partial charge on any atom is 0.157 e. The van der Waals surface area contributed by atoms with E-state index in [-0.39, 0.29) is 12.4 Å². The molecule has 126 valence electrons. The lowest BCUT2D eigenvalue weighted by Crippen LogP contribution is -2.15. The van der Waals surface area contributed by atoms with Crippen molar-refractivity contribution in [2.45, 2.75) is 13.1 Å². The monoisotopic (exact) mass is 351 g/mol. The van der Waals surface area contributed by atoms with Gasteiger partial charge in [0.2, 0.25) is 0 Å². The van der Waals surface area contributed by atoms with Gasteiger partial charge in [-0.2, -0.15) is 5.10 Å². The fourth-order valence-electron chi connectivity index (χ4n) is 2.81. The molecule has 0 radical (unpaired) electrons. The van der Waals surface area contributed by atoms with Crippen molar-refractivity contribution in [2.24, 2.45) is 0 Å². The number of aromatic nitrogens is 4. The average molecular weight is 352 g/mol. The van der Waals surface area contributed by atoms with Gasteiger partial charge in [0.15, 0.2) is 5.82 Å². The van der Waals surface area contributed by atoms with Crippen LogP contribution in [-0.2, 0) is 13.1 Å². The van der Waals surface area contributed by atoms with Gasteiger partial charge in [-0.3, -0.25) is 4.98 Å². The first kappa shape index (κ1) is 17.1. The van der Waals surface area contributed by atoms with Crippen LogP contribution in [0.2, 0.25) is 0 Å². The molecular weight excluding hydrogens is 334 g/mol. The summed E-state index contributed by atoms with van der Waals surface area (Å²) in [4.78, 5) is 8.94. The van der Waals surface area contributed by atoms with E-state index in [4.69, 9.17) is 0 Å². The SMILES string of the molecule is Cl.c1cnc(-n2cccn2)c(CNCc2cccc3cccnc23)c1. The minimum atomic E-state index is 0. The zero-order chi connectivity index (χ0) is 16.2. The topological polar surface area (TPSA) is 55.6 Å². The highest BCUT2D eigenvalue weighted by Gasteiger charge is 2.06. The molecule has 4 aromatic rings. The lowest BCUT2D eigenvalue weighted by molar-refractivity contribution is 0.683. The van der Waals surface area contributed by atoms with E-state index in [2.05, 4.69) is 50.7 Å². The van der Waals surface area contributed by atoms with Crippen LogP contribution >= 0.6 is 12.4 Å². The molecule has 0 unspecified atom stereocenters. The predicted molar refractivity (Wildman–Crippen MR) is 101 cm³/mol. The molecular formula is C19H18ClN5. The smallest absolute Gasteiger partial charge is 0.157 e. The van der Waals surface area contributed by atoms with E-state index in [9.17, 15) is 0 Å². The number of para-hydroxylation sites is 1. The summed E-state index contributed by atoms with van der Waals surface area (Å²) in [6.45, 7) is 1.47. The summed E-state index contributed by atoms with van der Waals surface area (Å²) in [5.74, 6) is 0.853. The molecule has 5 nitrogen and oxygen atoms in total. The number of rotatable bonds is 5. The van der Waals surface area contributed by atoms with Crippen molar-refractivity contribution in [2.75, 3.05) is 0 Å². The number of halogens is 1. The quantitative estimate of drug-likeness (QED) is 0.597. The van der Waals surface area contributed by atoms with Gasteiger partial charge in [-0.05, 0) is 23.8 Å². The summed E-state index contributed by atoms with van der Waals surface area (Å²) in [6, 6.07) is 16.2. The number of benzene rings is 1. The second kappa shape index (κ2) is 7.88. The Morgan fingerprint density at radius 1 is 0.800 bits per heavy atom. The summed E-state index contributed by atoms with van der Waals surface area (Å²) < 4.78 is 1.79. The van der Waals surface area contributed by atoms with Crippen LogP contribution in [0.25, 0.3) is 16.7 Å². The Bertz CT molecular complexity index is 948. The largest absolute Gasteiger partial charge is 0.308 e. The summed E-state index contributed by atoms with van der Waals surface area (Å²) in [7, 11) is 0. The molecule has 0 aliphatic carbocycles. The Hall–Kier alpha value is -2.76. The first-order valence-corrected chi connectivity index (χ1v) is 7.89. The molecule has 0 aliphatic rings. The van der Waals surface area contributed by atoms with Crippen LogP contribution in [0.1, 0.15) is 11.1 Å². The fraction of sp³-hybridized carbons (Fsp3) is 0.105. The normalized spacial score (nSPS) is 10.6. The van der Waals surface area contributed by atoms with Gasteiger partial charge in [-0.25, -0.2) is 9.67 Å². The van der Waals surface area contributed by atoms with E-state index >= 15 is 0 Å². The third-order valence-electron chi connectivity index (χ3n) is 3.94. The molecule has 3 aromatic heterocycles. The molecule has 0 saturated carbocycles. The van der Waals surface area contributed by atoms with E-state index in [1.165, 1.54) is 5.56 Å². The van der Waals surface area contributed by atoms with Gasteiger partial charge in [0, 0.05) is 48.8 Å². The second-order valence-corrected chi connectivity index (χ2v) is 5.53. The van der Waals surface area contributed by atoms with Crippen LogP contribution in [0.5, 0.6) is 0 Å². The van der Waals surface area contributed by atoms with Crippen LogP contribution in [0.3, 0.4) is 0 Å². The zero-order valence-corrected chi connectivity index (χ0v) is 14.4. The maximum absolute atomic E-state index is 4.50. The van der Waals surface area contributed by atoms with Crippen molar-refractivity contribution in [3.8, 4) is 5.82 Å². The molecule has 0 fully saturated rings. The summed E-state index contributed by atoms with van der Waals surface area (Å²) in [5, 5.41) is 8.92. The Kier molecular flexibility index (Phi) is 5.38. The van der Waals surface area contributed by atoms with Crippen molar-refractivity contribution in [1.82, 2.24) is 25.1 Å². The Morgan fingerprint density at radius 3 is 2.44 bits per heavy atom. The number of hydrogen-bond acceptors (Lipinski definition) is 4. The molecule has 1 N–H and O–H groups in total. The number of hydrogen-bond donors (Lipinski definition) is 1. The van der Waals surface area contributed by atoms with Gasteiger partial charge in [0.1, 0.15) is 0 Å². The van der Waals surface area contributed by atoms with Gasteiger partial charge in [-0.15, -0.1) is 12.4 Å². The second-order valence-electron chi connectivity index (χ2n) is 5.53. The average Bonchev–Trinajstić information content (AvgIpc) is 3.17. The van der Waals surface area contributed by atoms with E-state index in [1.807, 2.05) is 30.6 Å². The van der Waals surface area contributed by atoms with Gasteiger partial charge in [-0.1, -0.05) is 30.3 Å². The lowest BCUT2D eigenvalue weighted by Gasteiger charge is -2.10. The highest BCUT2D eigenvalue weighted by atomic mass is 35.5. The van der Waals surface area contributed by atoms with Gasteiger partial charge in [0.25, 0.3) is 0 Å². The number of fused-ring (bicyclic) bond motifs is 1. The van der Waals surface area contributed by atoms with E-state index in [1.54, 1.807) is 17.1 Å². The number of pyridine rings is 2. The molecule has 25 heavy (non-hydrogen) atoms. The first-order valence-electron chi connectivity index (χ1n) is 7.89. The van der Waals surface area contributed by atoms with Crippen LogP contribution in [0.15, 0.2) is 73.3 Å². The predicted octanol–water partition coefficient (Wildman–Crippen LogP) is 3.53. The molecule has 0 atom stereocenters. The van der Waals surface area contributed by atoms with E-state index in [0.717, 1.165) is 28.8 Å². The van der Waals surface area contributed by atoms with Crippen molar-refractivity contribution in [3.05, 3.63) is 84.4 Å². The number of nitrogens with zero attached hydrogens (tertiary/aromatic N) is 4. The lowest BCUT2D eigenvalue weighted by atomic mass is 10.1. The minimum Gasteiger partial charge on any atom is -0.308 e. The molecule has 6 heteroatoms. The summed E-state index contributed by atoms with van der Waals surface area (Å²) in [5.41, 5.74) is 3.35. The fourth-order valence-corrected chi connectivity index (χ4v) is 2.81. The molecule has 1 aromatic carbocycles. The summed E-state index contributed by atoms with van der Waals surface area (Å²) in [6.07, 6.45) is 7.28. The zero-order valence-electron chi connectivity index (χ0n) is 13.5. The molecule has 4 rings (SSSR count).